The van der Waals surface area contributed by atoms with E-state index in [1.165, 1.54) is 12.1 Å². The Morgan fingerprint density at radius 1 is 1.42 bits per heavy atom. The molecule has 0 radical (unpaired) electrons. The Kier molecular flexibility index (Phi) is 4.33. The Balaban J connectivity index is 1.73. The molecule has 0 fully saturated rings. The van der Waals surface area contributed by atoms with Gasteiger partial charge in [-0.2, -0.15) is 0 Å². The normalized spacial score (nSPS) is 10.9. The van der Waals surface area contributed by atoms with Gasteiger partial charge in [-0.25, -0.2) is 9.78 Å². The first-order chi connectivity index (χ1) is 11.5. The summed E-state index contributed by atoms with van der Waals surface area (Å²) in [6, 6.07) is 4.58. The number of nitrogens with one attached hydrogen (secondary N) is 1. The number of imidazole rings is 1. The maximum atomic E-state index is 12.1. The van der Waals surface area contributed by atoms with Crippen LogP contribution in [0.2, 0.25) is 0 Å². The number of carbonyl (C=O) groups excluding carboxylic acids is 1. The molecule has 24 heavy (non-hydrogen) atoms. The third-order valence-electron chi connectivity index (χ3n) is 3.86. The number of aromatic hydroxyl groups is 1. The molecule has 3 aromatic rings. The molecule has 0 saturated carbocycles. The molecule has 0 bridgehead atoms. The van der Waals surface area contributed by atoms with Crippen LogP contribution in [0.5, 0.6) is 5.75 Å². The molecule has 0 atom stereocenters. The van der Waals surface area contributed by atoms with Gasteiger partial charge in [-0.1, -0.05) is 0 Å². The van der Waals surface area contributed by atoms with Crippen LogP contribution >= 0.6 is 0 Å². The fourth-order valence-corrected chi connectivity index (χ4v) is 2.55. The van der Waals surface area contributed by atoms with Crippen LogP contribution in [0.15, 0.2) is 46.1 Å². The van der Waals surface area contributed by atoms with Crippen LogP contribution in [0.25, 0.3) is 11.0 Å². The quantitative estimate of drug-likeness (QED) is 0.690. The third kappa shape index (κ3) is 3.29. The molecule has 124 valence electrons. The van der Waals surface area contributed by atoms with E-state index in [0.717, 1.165) is 0 Å². The molecule has 0 saturated heterocycles. The van der Waals surface area contributed by atoms with Crippen LogP contribution in [0.3, 0.4) is 0 Å². The predicted octanol–water partition coefficient (Wildman–Crippen LogP) is 1.36. The molecule has 0 aliphatic carbocycles. The predicted molar refractivity (Wildman–Crippen MR) is 87.8 cm³/mol. The van der Waals surface area contributed by atoms with E-state index in [1.807, 2.05) is 10.8 Å². The Labute approximate surface area is 137 Å². The van der Waals surface area contributed by atoms with Gasteiger partial charge in [0.1, 0.15) is 11.3 Å². The summed E-state index contributed by atoms with van der Waals surface area (Å²) in [4.78, 5) is 28.1. The molecule has 2 aromatic heterocycles. The molecule has 7 nitrogen and oxygen atoms in total. The van der Waals surface area contributed by atoms with Crippen LogP contribution in [0.1, 0.15) is 11.1 Å². The standard InChI is InChI=1S/C17H17N3O4/c1-11-13-3-2-12(21)8-15(13)24-17(23)14(11)9-16(22)19-5-7-20-6-4-18-10-20/h2-4,6,8,10,21H,5,7,9H2,1H3,(H,19,22). The van der Waals surface area contributed by atoms with Gasteiger partial charge >= 0.3 is 5.63 Å². The molecule has 7 heteroatoms. The van der Waals surface area contributed by atoms with Crippen molar-refractivity contribution in [3.63, 3.8) is 0 Å². The number of nitrogens with zero attached hydrogens (tertiary/aromatic N) is 2. The van der Waals surface area contributed by atoms with Crippen molar-refractivity contribution in [3.8, 4) is 5.75 Å². The number of phenolic OH excluding ortho intramolecular Hbond substituents is 1. The third-order valence-corrected chi connectivity index (χ3v) is 3.86. The average Bonchev–Trinajstić information content (AvgIpc) is 3.04. The van der Waals surface area contributed by atoms with E-state index in [2.05, 4.69) is 10.3 Å². The molecule has 1 amide bonds. The van der Waals surface area contributed by atoms with Crippen LogP contribution in [0.4, 0.5) is 0 Å². The first-order valence-corrected chi connectivity index (χ1v) is 7.52. The lowest BCUT2D eigenvalue weighted by Crippen LogP contribution is -2.30. The minimum absolute atomic E-state index is 0.0232. The van der Waals surface area contributed by atoms with E-state index in [0.29, 0.717) is 35.2 Å². The maximum Gasteiger partial charge on any atom is 0.340 e. The van der Waals surface area contributed by atoms with Gasteiger partial charge in [0.2, 0.25) is 5.91 Å². The average molecular weight is 327 g/mol. The maximum absolute atomic E-state index is 12.1. The fraction of sp³-hybridized carbons (Fsp3) is 0.235. The highest BCUT2D eigenvalue weighted by molar-refractivity contribution is 5.85. The monoisotopic (exact) mass is 327 g/mol. The van der Waals surface area contributed by atoms with E-state index in [1.54, 1.807) is 25.5 Å². The first kappa shape index (κ1) is 15.8. The molecular formula is C17H17N3O4. The second-order valence-corrected chi connectivity index (χ2v) is 5.50. The number of phenols is 1. The van der Waals surface area contributed by atoms with E-state index < -0.39 is 5.63 Å². The van der Waals surface area contributed by atoms with Gasteiger partial charge < -0.3 is 19.4 Å². The molecule has 0 unspecified atom stereocenters. The molecule has 2 N–H and O–H groups in total. The van der Waals surface area contributed by atoms with Gasteiger partial charge in [-0.3, -0.25) is 4.79 Å². The van der Waals surface area contributed by atoms with Gasteiger partial charge in [0.15, 0.2) is 0 Å². The van der Waals surface area contributed by atoms with Crippen LogP contribution in [-0.2, 0) is 17.8 Å². The zero-order valence-electron chi connectivity index (χ0n) is 13.2. The summed E-state index contributed by atoms with van der Waals surface area (Å²) >= 11 is 0. The number of fused-ring (bicyclic) bond motifs is 1. The highest BCUT2D eigenvalue weighted by Gasteiger charge is 2.15. The molecule has 2 heterocycles. The van der Waals surface area contributed by atoms with Crippen molar-refractivity contribution in [2.75, 3.05) is 6.54 Å². The van der Waals surface area contributed by atoms with Crippen LogP contribution in [-0.4, -0.2) is 27.1 Å². The Hall–Kier alpha value is -3.09. The highest BCUT2D eigenvalue weighted by atomic mass is 16.4. The summed E-state index contributed by atoms with van der Waals surface area (Å²) in [5.74, 6) is -0.223. The summed E-state index contributed by atoms with van der Waals surface area (Å²) in [7, 11) is 0. The number of benzene rings is 1. The zero-order chi connectivity index (χ0) is 17.1. The fourth-order valence-electron chi connectivity index (χ4n) is 2.55. The summed E-state index contributed by atoms with van der Waals surface area (Å²) in [5, 5.41) is 12.9. The van der Waals surface area contributed by atoms with Crippen molar-refractivity contribution >= 4 is 16.9 Å². The number of amides is 1. The van der Waals surface area contributed by atoms with Gasteiger partial charge in [0.25, 0.3) is 0 Å². The lowest BCUT2D eigenvalue weighted by atomic mass is 10.0. The Bertz CT molecular complexity index is 929. The molecule has 0 aliphatic heterocycles. The van der Waals surface area contributed by atoms with Crippen molar-refractivity contribution in [3.05, 3.63) is 58.5 Å². The van der Waals surface area contributed by atoms with E-state index in [9.17, 15) is 14.7 Å². The van der Waals surface area contributed by atoms with Crippen molar-refractivity contribution in [2.24, 2.45) is 0 Å². The second-order valence-electron chi connectivity index (χ2n) is 5.50. The Morgan fingerprint density at radius 3 is 3.00 bits per heavy atom. The minimum atomic E-state index is -0.560. The second kappa shape index (κ2) is 6.57. The molecular weight excluding hydrogens is 310 g/mol. The minimum Gasteiger partial charge on any atom is -0.508 e. The number of aromatic nitrogens is 2. The first-order valence-electron chi connectivity index (χ1n) is 7.52. The van der Waals surface area contributed by atoms with Crippen molar-refractivity contribution in [2.45, 2.75) is 19.9 Å². The number of aryl methyl sites for hydroxylation is 1. The highest BCUT2D eigenvalue weighted by Crippen LogP contribution is 2.23. The van der Waals surface area contributed by atoms with E-state index >= 15 is 0 Å². The van der Waals surface area contributed by atoms with Crippen LogP contribution < -0.4 is 10.9 Å². The molecule has 3 rings (SSSR count). The lowest BCUT2D eigenvalue weighted by Gasteiger charge is -2.09. The molecule has 0 aliphatic rings. The summed E-state index contributed by atoms with van der Waals surface area (Å²) in [6.07, 6.45) is 5.10. The smallest absolute Gasteiger partial charge is 0.340 e. The molecule has 0 spiro atoms. The summed E-state index contributed by atoms with van der Waals surface area (Å²) < 4.78 is 7.06. The number of carbonyl (C=O) groups is 1. The zero-order valence-corrected chi connectivity index (χ0v) is 13.2. The van der Waals surface area contributed by atoms with Gasteiger partial charge in [0.05, 0.1) is 18.3 Å². The topological polar surface area (TPSA) is 97.4 Å². The number of rotatable bonds is 5. The number of hydrogen-bond acceptors (Lipinski definition) is 5. The van der Waals surface area contributed by atoms with Crippen molar-refractivity contribution < 1.29 is 14.3 Å². The molecule has 1 aromatic carbocycles. The Morgan fingerprint density at radius 2 is 2.25 bits per heavy atom. The SMILES string of the molecule is Cc1c(CC(=O)NCCn2ccnc2)c(=O)oc2cc(O)ccc12. The van der Waals surface area contributed by atoms with E-state index in [-0.39, 0.29) is 18.1 Å². The number of hydrogen-bond donors (Lipinski definition) is 2. The summed E-state index contributed by atoms with van der Waals surface area (Å²) in [6.45, 7) is 2.82. The van der Waals surface area contributed by atoms with Gasteiger partial charge in [-0.05, 0) is 24.6 Å². The largest absolute Gasteiger partial charge is 0.508 e. The summed E-state index contributed by atoms with van der Waals surface area (Å²) in [5.41, 5.74) is 0.761. The van der Waals surface area contributed by atoms with Crippen molar-refractivity contribution in [1.82, 2.24) is 14.9 Å². The lowest BCUT2D eigenvalue weighted by molar-refractivity contribution is -0.120. The van der Waals surface area contributed by atoms with Crippen molar-refractivity contribution in [1.29, 1.82) is 0 Å². The van der Waals surface area contributed by atoms with Gasteiger partial charge in [0, 0.05) is 36.9 Å². The van der Waals surface area contributed by atoms with Gasteiger partial charge in [-0.15, -0.1) is 0 Å². The van der Waals surface area contributed by atoms with Crippen LogP contribution in [0, 0.1) is 6.92 Å². The van der Waals surface area contributed by atoms with E-state index in [4.69, 9.17) is 4.42 Å².